The first-order valence-corrected chi connectivity index (χ1v) is 10.6. The van der Waals surface area contributed by atoms with Crippen LogP contribution in [0.2, 0.25) is 0 Å². The first-order valence-electron chi connectivity index (χ1n) is 10.6. The highest BCUT2D eigenvalue weighted by Crippen LogP contribution is 2.31. The van der Waals surface area contributed by atoms with E-state index < -0.39 is 0 Å². The van der Waals surface area contributed by atoms with Crippen molar-refractivity contribution < 1.29 is 9.13 Å². The van der Waals surface area contributed by atoms with Crippen LogP contribution < -0.4 is 10.5 Å². The molecule has 0 spiro atoms. The van der Waals surface area contributed by atoms with Crippen LogP contribution in [0.15, 0.2) is 65.7 Å². The molecule has 4 aromatic rings. The molecule has 1 aliphatic heterocycles. The van der Waals surface area contributed by atoms with Gasteiger partial charge >= 0.3 is 0 Å². The third kappa shape index (κ3) is 3.87. The Morgan fingerprint density at radius 3 is 2.72 bits per heavy atom. The van der Waals surface area contributed by atoms with Gasteiger partial charge < -0.3 is 14.2 Å². The average molecular weight is 430 g/mol. The van der Waals surface area contributed by atoms with E-state index in [2.05, 4.69) is 14.9 Å². The summed E-state index contributed by atoms with van der Waals surface area (Å²) >= 11 is 0. The van der Waals surface area contributed by atoms with Crippen molar-refractivity contribution in [3.8, 4) is 11.3 Å². The molecule has 2 aromatic heterocycles. The Labute approximate surface area is 184 Å². The second-order valence-electron chi connectivity index (χ2n) is 7.93. The summed E-state index contributed by atoms with van der Waals surface area (Å²) in [7, 11) is 1.74. The molecule has 1 aliphatic rings. The van der Waals surface area contributed by atoms with Gasteiger partial charge in [-0.3, -0.25) is 4.79 Å². The molecule has 1 saturated heterocycles. The molecule has 1 fully saturated rings. The van der Waals surface area contributed by atoms with Crippen molar-refractivity contribution in [3.05, 3.63) is 88.4 Å². The van der Waals surface area contributed by atoms with Crippen LogP contribution in [0.5, 0.6) is 0 Å². The summed E-state index contributed by atoms with van der Waals surface area (Å²) < 4.78 is 21.9. The van der Waals surface area contributed by atoms with Crippen LogP contribution in [0.3, 0.4) is 0 Å². The molecule has 162 valence electrons. The lowest BCUT2D eigenvalue weighted by atomic mass is 10.0. The maximum absolute atomic E-state index is 14.9. The third-order valence-corrected chi connectivity index (χ3v) is 5.96. The number of hydrogen-bond donors (Lipinski definition) is 0. The van der Waals surface area contributed by atoms with Crippen molar-refractivity contribution in [1.82, 2.24) is 14.5 Å². The molecule has 6 nitrogen and oxygen atoms in total. The number of anilines is 1. The number of aromatic nitrogens is 3. The predicted octanol–water partition coefficient (Wildman–Crippen LogP) is 3.56. The Morgan fingerprint density at radius 2 is 1.88 bits per heavy atom. The van der Waals surface area contributed by atoms with Gasteiger partial charge in [-0.25, -0.2) is 14.4 Å². The lowest BCUT2D eigenvalue weighted by molar-refractivity contribution is 0.122. The van der Waals surface area contributed by atoms with E-state index in [0.717, 1.165) is 40.9 Å². The standard InChI is InChI=1S/C25H23FN4O2/c1-29-18(3-2-4-24(29)31)13-17-5-8-22(26)21(14-17)25-20-7-6-19(15-23(20)27-16-28-25)30-9-11-32-12-10-30/h2-8,14-16H,9-13H2,1H3. The number of halogens is 1. The minimum atomic E-state index is -0.340. The van der Waals surface area contributed by atoms with E-state index in [9.17, 15) is 9.18 Å². The summed E-state index contributed by atoms with van der Waals surface area (Å²) in [6.07, 6.45) is 2.00. The van der Waals surface area contributed by atoms with Crippen molar-refractivity contribution in [2.45, 2.75) is 6.42 Å². The maximum atomic E-state index is 14.9. The lowest BCUT2D eigenvalue weighted by Crippen LogP contribution is -2.36. The zero-order valence-corrected chi connectivity index (χ0v) is 17.8. The highest BCUT2D eigenvalue weighted by atomic mass is 19.1. The molecule has 0 atom stereocenters. The Hall–Kier alpha value is -3.58. The number of fused-ring (bicyclic) bond motifs is 1. The van der Waals surface area contributed by atoms with Crippen LogP contribution in [0.4, 0.5) is 10.1 Å². The summed E-state index contributed by atoms with van der Waals surface area (Å²) in [5.41, 5.74) is 4.53. The molecule has 32 heavy (non-hydrogen) atoms. The number of benzene rings is 2. The SMILES string of the molecule is Cn1c(Cc2ccc(F)c(-c3ncnc4cc(N5CCOCC5)ccc34)c2)cccc1=O. The molecule has 0 bridgehead atoms. The number of ether oxygens (including phenoxy) is 1. The predicted molar refractivity (Wildman–Crippen MR) is 122 cm³/mol. The quantitative estimate of drug-likeness (QED) is 0.496. The molecule has 2 aromatic carbocycles. The van der Waals surface area contributed by atoms with Crippen LogP contribution >= 0.6 is 0 Å². The van der Waals surface area contributed by atoms with E-state index in [1.54, 1.807) is 23.7 Å². The van der Waals surface area contributed by atoms with Gasteiger partial charge in [-0.05, 0) is 42.0 Å². The Morgan fingerprint density at radius 1 is 1.03 bits per heavy atom. The Kier molecular flexibility index (Phi) is 5.41. The molecule has 0 radical (unpaired) electrons. The van der Waals surface area contributed by atoms with Crippen LogP contribution in [-0.2, 0) is 18.2 Å². The first-order chi connectivity index (χ1) is 15.6. The number of rotatable bonds is 4. The zero-order chi connectivity index (χ0) is 22.1. The minimum absolute atomic E-state index is 0.0669. The monoisotopic (exact) mass is 430 g/mol. The van der Waals surface area contributed by atoms with Gasteiger partial charge in [0.15, 0.2) is 0 Å². The van der Waals surface area contributed by atoms with E-state index in [0.29, 0.717) is 30.9 Å². The second kappa shape index (κ2) is 8.51. The average Bonchev–Trinajstić information content (AvgIpc) is 2.83. The van der Waals surface area contributed by atoms with Gasteiger partial charge in [0.2, 0.25) is 5.56 Å². The van der Waals surface area contributed by atoms with E-state index in [4.69, 9.17) is 4.74 Å². The molecule has 5 rings (SSSR count). The Balaban J connectivity index is 1.53. The van der Waals surface area contributed by atoms with E-state index >= 15 is 0 Å². The number of nitrogens with zero attached hydrogens (tertiary/aromatic N) is 4. The molecule has 0 saturated carbocycles. The van der Waals surface area contributed by atoms with Gasteiger partial charge in [-0.2, -0.15) is 0 Å². The second-order valence-corrected chi connectivity index (χ2v) is 7.93. The van der Waals surface area contributed by atoms with Gasteiger partial charge in [-0.15, -0.1) is 0 Å². The van der Waals surface area contributed by atoms with Crippen LogP contribution in [0.1, 0.15) is 11.3 Å². The number of hydrogen-bond acceptors (Lipinski definition) is 5. The molecule has 0 amide bonds. The molecular formula is C25H23FN4O2. The van der Waals surface area contributed by atoms with Crippen LogP contribution in [0, 0.1) is 5.82 Å². The van der Waals surface area contributed by atoms with E-state index in [-0.39, 0.29) is 11.4 Å². The van der Waals surface area contributed by atoms with Crippen molar-refractivity contribution in [2.75, 3.05) is 31.2 Å². The smallest absolute Gasteiger partial charge is 0.250 e. The zero-order valence-electron chi connectivity index (χ0n) is 17.8. The largest absolute Gasteiger partial charge is 0.378 e. The minimum Gasteiger partial charge on any atom is -0.378 e. The molecule has 0 aliphatic carbocycles. The fourth-order valence-electron chi connectivity index (χ4n) is 4.14. The van der Waals surface area contributed by atoms with Crippen LogP contribution in [-0.4, -0.2) is 40.8 Å². The third-order valence-electron chi connectivity index (χ3n) is 5.96. The van der Waals surface area contributed by atoms with E-state index in [1.807, 2.05) is 30.3 Å². The summed E-state index contributed by atoms with van der Waals surface area (Å²) in [5, 5.41) is 0.799. The molecule has 3 heterocycles. The van der Waals surface area contributed by atoms with Crippen molar-refractivity contribution in [1.29, 1.82) is 0 Å². The summed E-state index contributed by atoms with van der Waals surface area (Å²) in [4.78, 5) is 23.1. The van der Waals surface area contributed by atoms with Crippen LogP contribution in [0.25, 0.3) is 22.2 Å². The van der Waals surface area contributed by atoms with Gasteiger partial charge in [0.05, 0.1) is 24.4 Å². The van der Waals surface area contributed by atoms with Gasteiger partial charge in [-0.1, -0.05) is 12.1 Å². The van der Waals surface area contributed by atoms with Crippen molar-refractivity contribution in [2.24, 2.45) is 7.05 Å². The summed E-state index contributed by atoms with van der Waals surface area (Å²) in [5.74, 6) is -0.340. The highest BCUT2D eigenvalue weighted by Gasteiger charge is 2.16. The molecule has 0 N–H and O–H groups in total. The number of morpholine rings is 1. The van der Waals surface area contributed by atoms with Crippen molar-refractivity contribution >= 4 is 16.6 Å². The molecule has 0 unspecified atom stereocenters. The van der Waals surface area contributed by atoms with Gasteiger partial charge in [0.25, 0.3) is 0 Å². The fraction of sp³-hybridized carbons (Fsp3) is 0.240. The lowest BCUT2D eigenvalue weighted by Gasteiger charge is -2.29. The Bertz CT molecular complexity index is 1350. The van der Waals surface area contributed by atoms with Gasteiger partial charge in [0, 0.05) is 55.0 Å². The molecule has 7 heteroatoms. The van der Waals surface area contributed by atoms with Gasteiger partial charge in [0.1, 0.15) is 12.1 Å². The van der Waals surface area contributed by atoms with E-state index in [1.165, 1.54) is 18.5 Å². The molecular weight excluding hydrogens is 407 g/mol. The normalized spacial score (nSPS) is 14.1. The number of pyridine rings is 1. The fourth-order valence-corrected chi connectivity index (χ4v) is 4.14. The first kappa shape index (κ1) is 20.3. The van der Waals surface area contributed by atoms with Crippen molar-refractivity contribution in [3.63, 3.8) is 0 Å². The summed E-state index contributed by atoms with van der Waals surface area (Å²) in [6.45, 7) is 3.08. The summed E-state index contributed by atoms with van der Waals surface area (Å²) in [6, 6.07) is 16.2. The topological polar surface area (TPSA) is 60.3 Å². The maximum Gasteiger partial charge on any atom is 0.250 e. The highest BCUT2D eigenvalue weighted by molar-refractivity contribution is 5.94.